The molecule has 0 aromatic rings. The topological polar surface area (TPSA) is 38.8 Å². The standard InChI is InChI=1S/C12H21NO3/c1-13(11-2-5-16-8-11)9-12(10-14)3-6-15-7-4-12/h10-11H,2-9H2,1H3. The summed E-state index contributed by atoms with van der Waals surface area (Å²) in [6.07, 6.45) is 3.94. The molecule has 2 saturated heterocycles. The second-order valence-corrected chi connectivity index (χ2v) is 5.03. The van der Waals surface area contributed by atoms with Gasteiger partial charge in [-0.3, -0.25) is 0 Å². The molecule has 2 heterocycles. The smallest absolute Gasteiger partial charge is 0.127 e. The quantitative estimate of drug-likeness (QED) is 0.663. The van der Waals surface area contributed by atoms with Crippen molar-refractivity contribution in [2.45, 2.75) is 25.3 Å². The van der Waals surface area contributed by atoms with E-state index in [9.17, 15) is 4.79 Å². The number of ether oxygens (including phenoxy) is 2. The second-order valence-electron chi connectivity index (χ2n) is 5.03. The molecule has 0 saturated carbocycles. The molecule has 16 heavy (non-hydrogen) atoms. The number of hydrogen-bond acceptors (Lipinski definition) is 4. The van der Waals surface area contributed by atoms with E-state index in [4.69, 9.17) is 9.47 Å². The van der Waals surface area contributed by atoms with Crippen LogP contribution in [0.25, 0.3) is 0 Å². The Labute approximate surface area is 96.9 Å². The van der Waals surface area contributed by atoms with Gasteiger partial charge in [0, 0.05) is 37.8 Å². The molecule has 4 heteroatoms. The summed E-state index contributed by atoms with van der Waals surface area (Å²) in [5, 5.41) is 0. The average Bonchev–Trinajstić information content (AvgIpc) is 2.84. The van der Waals surface area contributed by atoms with Gasteiger partial charge in [0.15, 0.2) is 0 Å². The lowest BCUT2D eigenvalue weighted by Gasteiger charge is -2.37. The van der Waals surface area contributed by atoms with Gasteiger partial charge in [0.2, 0.25) is 0 Å². The van der Waals surface area contributed by atoms with Gasteiger partial charge in [-0.15, -0.1) is 0 Å². The van der Waals surface area contributed by atoms with Crippen molar-refractivity contribution in [3.63, 3.8) is 0 Å². The van der Waals surface area contributed by atoms with Crippen LogP contribution >= 0.6 is 0 Å². The van der Waals surface area contributed by atoms with Crippen molar-refractivity contribution in [2.24, 2.45) is 5.41 Å². The maximum absolute atomic E-state index is 11.3. The Morgan fingerprint density at radius 3 is 2.62 bits per heavy atom. The van der Waals surface area contributed by atoms with E-state index in [2.05, 4.69) is 11.9 Å². The van der Waals surface area contributed by atoms with Crippen molar-refractivity contribution in [3.05, 3.63) is 0 Å². The van der Waals surface area contributed by atoms with Gasteiger partial charge in [0.25, 0.3) is 0 Å². The summed E-state index contributed by atoms with van der Waals surface area (Å²) in [6.45, 7) is 3.93. The number of hydrogen-bond donors (Lipinski definition) is 0. The fourth-order valence-corrected chi connectivity index (χ4v) is 2.59. The Hall–Kier alpha value is -0.450. The zero-order chi connectivity index (χ0) is 11.4. The lowest BCUT2D eigenvalue weighted by atomic mass is 9.81. The molecule has 0 aromatic carbocycles. The molecule has 0 spiro atoms. The van der Waals surface area contributed by atoms with Crippen LogP contribution in [0.1, 0.15) is 19.3 Å². The third-order valence-electron chi connectivity index (χ3n) is 3.83. The zero-order valence-electron chi connectivity index (χ0n) is 9.98. The van der Waals surface area contributed by atoms with Crippen molar-refractivity contribution in [3.8, 4) is 0 Å². The molecule has 2 aliphatic heterocycles. The number of aldehydes is 1. The van der Waals surface area contributed by atoms with Gasteiger partial charge in [-0.1, -0.05) is 0 Å². The Morgan fingerprint density at radius 1 is 1.31 bits per heavy atom. The highest BCUT2D eigenvalue weighted by molar-refractivity contribution is 5.60. The SMILES string of the molecule is CN(CC1(C=O)CCOCC1)C1CCOC1. The Bertz CT molecular complexity index is 232. The van der Waals surface area contributed by atoms with Crippen LogP contribution in [0.2, 0.25) is 0 Å². The van der Waals surface area contributed by atoms with Crippen LogP contribution in [0.3, 0.4) is 0 Å². The van der Waals surface area contributed by atoms with E-state index in [0.717, 1.165) is 45.3 Å². The predicted octanol–water partition coefficient (Wildman–Crippen LogP) is 0.703. The van der Waals surface area contributed by atoms with Crippen LogP contribution in [-0.4, -0.2) is 57.2 Å². The molecule has 4 nitrogen and oxygen atoms in total. The molecule has 1 atom stereocenters. The van der Waals surface area contributed by atoms with Crippen LogP contribution in [-0.2, 0) is 14.3 Å². The van der Waals surface area contributed by atoms with Gasteiger partial charge in [-0.2, -0.15) is 0 Å². The van der Waals surface area contributed by atoms with Crippen molar-refractivity contribution >= 4 is 6.29 Å². The summed E-state index contributed by atoms with van der Waals surface area (Å²) < 4.78 is 10.7. The number of rotatable bonds is 4. The molecule has 2 rings (SSSR count). The normalized spacial score (nSPS) is 29.5. The van der Waals surface area contributed by atoms with Gasteiger partial charge in [0.05, 0.1) is 6.61 Å². The Morgan fingerprint density at radius 2 is 2.06 bits per heavy atom. The fraction of sp³-hybridized carbons (Fsp3) is 0.917. The molecule has 0 aliphatic carbocycles. The molecule has 0 radical (unpaired) electrons. The molecule has 0 bridgehead atoms. The molecule has 92 valence electrons. The number of carbonyl (C=O) groups excluding carboxylic acids is 1. The highest BCUT2D eigenvalue weighted by Crippen LogP contribution is 2.30. The molecule has 0 aromatic heterocycles. The molecule has 2 fully saturated rings. The minimum absolute atomic E-state index is 0.185. The van der Waals surface area contributed by atoms with Crippen LogP contribution < -0.4 is 0 Å². The van der Waals surface area contributed by atoms with E-state index >= 15 is 0 Å². The van der Waals surface area contributed by atoms with Gasteiger partial charge in [-0.25, -0.2) is 0 Å². The third kappa shape index (κ3) is 2.62. The number of likely N-dealkylation sites (N-methyl/N-ethyl adjacent to an activating group) is 1. The lowest BCUT2D eigenvalue weighted by Crippen LogP contribution is -2.45. The average molecular weight is 227 g/mol. The van der Waals surface area contributed by atoms with Gasteiger partial charge in [0.1, 0.15) is 6.29 Å². The fourth-order valence-electron chi connectivity index (χ4n) is 2.59. The first kappa shape index (κ1) is 12.0. The van der Waals surface area contributed by atoms with Crippen LogP contribution in [0.5, 0.6) is 0 Å². The van der Waals surface area contributed by atoms with Crippen molar-refractivity contribution in [2.75, 3.05) is 40.0 Å². The summed E-state index contributed by atoms with van der Waals surface area (Å²) in [4.78, 5) is 13.6. The van der Waals surface area contributed by atoms with Crippen molar-refractivity contribution in [1.82, 2.24) is 4.90 Å². The first-order valence-electron chi connectivity index (χ1n) is 6.08. The maximum atomic E-state index is 11.3. The molecule has 0 amide bonds. The van der Waals surface area contributed by atoms with Crippen LogP contribution in [0.4, 0.5) is 0 Å². The van der Waals surface area contributed by atoms with Crippen LogP contribution in [0, 0.1) is 5.41 Å². The summed E-state index contributed by atoms with van der Waals surface area (Å²) >= 11 is 0. The molecular formula is C12H21NO3. The summed E-state index contributed by atoms with van der Waals surface area (Å²) in [5.41, 5.74) is -0.185. The molecule has 0 N–H and O–H groups in total. The van der Waals surface area contributed by atoms with Gasteiger partial charge in [-0.05, 0) is 26.3 Å². The largest absolute Gasteiger partial charge is 0.381 e. The van der Waals surface area contributed by atoms with E-state index in [1.165, 1.54) is 0 Å². The number of nitrogens with zero attached hydrogens (tertiary/aromatic N) is 1. The van der Waals surface area contributed by atoms with Gasteiger partial charge < -0.3 is 19.2 Å². The zero-order valence-corrected chi connectivity index (χ0v) is 9.98. The summed E-state index contributed by atoms with van der Waals surface area (Å²) in [6, 6.07) is 0.486. The summed E-state index contributed by atoms with van der Waals surface area (Å²) in [5.74, 6) is 0. The highest BCUT2D eigenvalue weighted by Gasteiger charge is 2.35. The molecular weight excluding hydrogens is 206 g/mol. The Balaban J connectivity index is 1.91. The molecule has 1 unspecified atom stereocenters. The first-order valence-corrected chi connectivity index (χ1v) is 6.08. The Kier molecular flexibility index (Phi) is 3.95. The predicted molar refractivity (Wildman–Crippen MR) is 60.4 cm³/mol. The number of carbonyl (C=O) groups is 1. The molecule has 2 aliphatic rings. The second kappa shape index (κ2) is 5.25. The minimum Gasteiger partial charge on any atom is -0.381 e. The summed E-state index contributed by atoms with van der Waals surface area (Å²) in [7, 11) is 2.10. The highest BCUT2D eigenvalue weighted by atomic mass is 16.5. The van der Waals surface area contributed by atoms with E-state index in [1.54, 1.807) is 0 Å². The van der Waals surface area contributed by atoms with Crippen molar-refractivity contribution in [1.29, 1.82) is 0 Å². The van der Waals surface area contributed by atoms with Gasteiger partial charge >= 0.3 is 0 Å². The monoisotopic (exact) mass is 227 g/mol. The lowest BCUT2D eigenvalue weighted by molar-refractivity contribution is -0.123. The van der Waals surface area contributed by atoms with Crippen LogP contribution in [0.15, 0.2) is 0 Å². The third-order valence-corrected chi connectivity index (χ3v) is 3.83. The van der Waals surface area contributed by atoms with E-state index < -0.39 is 0 Å². The minimum atomic E-state index is -0.185. The van der Waals surface area contributed by atoms with E-state index in [0.29, 0.717) is 19.3 Å². The first-order chi connectivity index (χ1) is 7.76. The van der Waals surface area contributed by atoms with Crippen molar-refractivity contribution < 1.29 is 14.3 Å². The van der Waals surface area contributed by atoms with E-state index in [-0.39, 0.29) is 5.41 Å². The van der Waals surface area contributed by atoms with E-state index in [1.807, 2.05) is 0 Å². The maximum Gasteiger partial charge on any atom is 0.127 e.